The Morgan fingerprint density at radius 1 is 1.35 bits per heavy atom. The molecule has 1 saturated heterocycles. The number of halogens is 1. The monoisotopic (exact) mass is 451 g/mol. The molecule has 0 radical (unpaired) electrons. The first-order chi connectivity index (χ1) is 14.8. The van der Waals surface area contributed by atoms with Crippen LogP contribution in [0.1, 0.15) is 11.8 Å². The zero-order valence-corrected chi connectivity index (χ0v) is 16.4. The van der Waals surface area contributed by atoms with Crippen molar-refractivity contribution in [1.29, 1.82) is 0 Å². The highest BCUT2D eigenvalue weighted by Crippen LogP contribution is 2.34. The normalized spacial score (nSPS) is 23.7. The molecule has 0 unspecified atom stereocenters. The molecule has 1 aliphatic heterocycles. The number of nitrogens with zero attached hydrogens (tertiary/aromatic N) is 4. The summed E-state index contributed by atoms with van der Waals surface area (Å²) in [4.78, 5) is 22.7. The standard InChI is InChI=1S/C17H18ClN7O6/c18-7-1-2-8(27)6(3-7)4-20-24-17-21-10-13(22-16(19)23-14(10)30)25(17)15-12(29)11(28)9(5-26)31-15/h1-4,9,11-12,15,26-29H,5H2,(H,21,24)(H3,19,22,23,30)/b20-4-/t9-,11+,12+,15-/m1/s1. The number of nitrogens with two attached hydrogens (primary N) is 1. The van der Waals surface area contributed by atoms with Gasteiger partial charge in [-0.15, -0.1) is 0 Å². The van der Waals surface area contributed by atoms with Gasteiger partial charge in [0.05, 0.1) is 12.8 Å². The Kier molecular flexibility index (Phi) is 5.51. The van der Waals surface area contributed by atoms with Crippen LogP contribution in [-0.2, 0) is 4.74 Å². The average Bonchev–Trinajstić information content (AvgIpc) is 3.22. The van der Waals surface area contributed by atoms with E-state index in [-0.39, 0.29) is 28.8 Å². The van der Waals surface area contributed by atoms with Crippen LogP contribution in [0.25, 0.3) is 11.2 Å². The number of phenols is 1. The molecule has 4 rings (SSSR count). The van der Waals surface area contributed by atoms with Gasteiger partial charge in [0.1, 0.15) is 24.1 Å². The third kappa shape index (κ3) is 3.80. The lowest BCUT2D eigenvalue weighted by molar-refractivity contribution is -0.0501. The SMILES string of the molecule is Nc1nc2c(nc(N/N=C\c3cc(Cl)ccc3O)n2[C@@H]2O[C@H](CO)[C@H](O)[C@@H]2O)c(=O)[nH]1. The van der Waals surface area contributed by atoms with Gasteiger partial charge in [-0.3, -0.25) is 14.3 Å². The molecule has 13 nitrogen and oxygen atoms in total. The molecule has 0 spiro atoms. The van der Waals surface area contributed by atoms with Crippen LogP contribution >= 0.6 is 11.6 Å². The van der Waals surface area contributed by atoms with Crippen molar-refractivity contribution in [3.8, 4) is 5.75 Å². The third-order valence-electron chi connectivity index (χ3n) is 4.70. The lowest BCUT2D eigenvalue weighted by Crippen LogP contribution is -2.33. The van der Waals surface area contributed by atoms with E-state index in [4.69, 9.17) is 22.1 Å². The summed E-state index contributed by atoms with van der Waals surface area (Å²) in [5, 5.41) is 44.2. The van der Waals surface area contributed by atoms with Gasteiger partial charge in [0.25, 0.3) is 5.56 Å². The van der Waals surface area contributed by atoms with E-state index in [1.165, 1.54) is 29.0 Å². The third-order valence-corrected chi connectivity index (χ3v) is 4.93. The first-order valence-corrected chi connectivity index (χ1v) is 9.35. The van der Waals surface area contributed by atoms with Crippen LogP contribution in [0.4, 0.5) is 11.9 Å². The lowest BCUT2D eigenvalue weighted by atomic mass is 10.1. The Balaban J connectivity index is 1.77. The number of aliphatic hydroxyl groups excluding tert-OH is 3. The first-order valence-electron chi connectivity index (χ1n) is 8.98. The second kappa shape index (κ2) is 8.13. The number of hydrogen-bond acceptors (Lipinski definition) is 11. The minimum Gasteiger partial charge on any atom is -0.507 e. The van der Waals surface area contributed by atoms with Crippen LogP contribution in [0.5, 0.6) is 5.75 Å². The number of rotatable bonds is 5. The van der Waals surface area contributed by atoms with Gasteiger partial charge in [-0.2, -0.15) is 10.1 Å². The summed E-state index contributed by atoms with van der Waals surface area (Å²) in [5.74, 6) is -0.353. The second-order valence-electron chi connectivity index (χ2n) is 6.73. The van der Waals surface area contributed by atoms with Crippen molar-refractivity contribution in [2.24, 2.45) is 5.10 Å². The number of H-pyrrole nitrogens is 1. The van der Waals surface area contributed by atoms with Gasteiger partial charge in [-0.05, 0) is 18.2 Å². The number of ether oxygens (including phenoxy) is 1. The van der Waals surface area contributed by atoms with Crippen LogP contribution < -0.4 is 16.7 Å². The van der Waals surface area contributed by atoms with Gasteiger partial charge in [0, 0.05) is 10.6 Å². The van der Waals surface area contributed by atoms with E-state index in [9.17, 15) is 25.2 Å². The number of hydrogen-bond donors (Lipinski definition) is 7. The topological polar surface area (TPSA) is 204 Å². The molecule has 0 bridgehead atoms. The average molecular weight is 452 g/mol. The van der Waals surface area contributed by atoms with E-state index in [1.807, 2.05) is 0 Å². The van der Waals surface area contributed by atoms with Crippen LogP contribution in [0.3, 0.4) is 0 Å². The summed E-state index contributed by atoms with van der Waals surface area (Å²) in [5.41, 5.74) is 7.71. The van der Waals surface area contributed by atoms with Gasteiger partial charge in [0.2, 0.25) is 11.9 Å². The Labute approximate surface area is 178 Å². The predicted octanol–water partition coefficient (Wildman–Crippen LogP) is -0.882. The molecular weight excluding hydrogens is 434 g/mol. The van der Waals surface area contributed by atoms with Gasteiger partial charge >= 0.3 is 0 Å². The van der Waals surface area contributed by atoms with Crippen LogP contribution in [0.15, 0.2) is 28.1 Å². The molecule has 4 atom stereocenters. The molecule has 1 aromatic carbocycles. The number of anilines is 2. The van der Waals surface area contributed by atoms with Crippen molar-refractivity contribution in [3.05, 3.63) is 39.1 Å². The highest BCUT2D eigenvalue weighted by molar-refractivity contribution is 6.30. The Morgan fingerprint density at radius 3 is 2.84 bits per heavy atom. The number of hydrazone groups is 1. The Morgan fingerprint density at radius 2 is 2.13 bits per heavy atom. The van der Waals surface area contributed by atoms with Crippen LogP contribution in [-0.4, -0.2) is 71.1 Å². The largest absolute Gasteiger partial charge is 0.507 e. The number of aromatic nitrogens is 4. The number of aromatic hydroxyl groups is 1. The maximum atomic E-state index is 12.3. The van der Waals surface area contributed by atoms with Crippen molar-refractivity contribution >= 4 is 40.9 Å². The molecule has 0 amide bonds. The van der Waals surface area contributed by atoms with Gasteiger partial charge in [-0.25, -0.2) is 10.4 Å². The molecule has 31 heavy (non-hydrogen) atoms. The number of aliphatic hydroxyl groups is 3. The summed E-state index contributed by atoms with van der Waals surface area (Å²) in [6.07, 6.45) is -3.95. The number of nitrogen functional groups attached to an aromatic ring is 1. The first kappa shape index (κ1) is 21.0. The highest BCUT2D eigenvalue weighted by atomic mass is 35.5. The molecule has 8 N–H and O–H groups in total. The zero-order valence-electron chi connectivity index (χ0n) is 15.7. The van der Waals surface area contributed by atoms with E-state index < -0.39 is 36.7 Å². The number of phenolic OH excluding ortho intramolecular Hbond substituents is 1. The minimum atomic E-state index is -1.47. The molecule has 3 heterocycles. The molecule has 0 saturated carbocycles. The predicted molar refractivity (Wildman–Crippen MR) is 110 cm³/mol. The van der Waals surface area contributed by atoms with Crippen LogP contribution in [0, 0.1) is 0 Å². The van der Waals surface area contributed by atoms with E-state index >= 15 is 0 Å². The van der Waals surface area contributed by atoms with E-state index in [2.05, 4.69) is 25.5 Å². The van der Waals surface area contributed by atoms with E-state index in [1.54, 1.807) is 0 Å². The van der Waals surface area contributed by atoms with E-state index in [0.717, 1.165) is 0 Å². The Hall–Kier alpha value is -3.23. The molecule has 1 fully saturated rings. The number of aromatic amines is 1. The maximum absolute atomic E-state index is 12.3. The van der Waals surface area contributed by atoms with Gasteiger partial charge in [0.15, 0.2) is 17.4 Å². The van der Waals surface area contributed by atoms with Crippen LogP contribution in [0.2, 0.25) is 5.02 Å². The maximum Gasteiger partial charge on any atom is 0.280 e. The minimum absolute atomic E-state index is 0.0422. The number of fused-ring (bicyclic) bond motifs is 1. The molecule has 2 aromatic heterocycles. The summed E-state index contributed by atoms with van der Waals surface area (Å²) in [6.45, 7) is -0.549. The molecular formula is C17H18ClN7O6. The smallest absolute Gasteiger partial charge is 0.280 e. The number of nitrogens with one attached hydrogen (secondary N) is 2. The highest BCUT2D eigenvalue weighted by Gasteiger charge is 2.45. The molecule has 0 aliphatic carbocycles. The quantitative estimate of drug-likeness (QED) is 0.188. The molecule has 3 aromatic rings. The summed E-state index contributed by atoms with van der Waals surface area (Å²) < 4.78 is 6.73. The van der Waals surface area contributed by atoms with Crippen molar-refractivity contribution in [1.82, 2.24) is 19.5 Å². The van der Waals surface area contributed by atoms with Crippen molar-refractivity contribution in [2.75, 3.05) is 17.8 Å². The van der Waals surface area contributed by atoms with Crippen molar-refractivity contribution in [2.45, 2.75) is 24.5 Å². The Bertz CT molecular complexity index is 1210. The fourth-order valence-corrected chi connectivity index (χ4v) is 3.38. The fraction of sp³-hybridized carbons (Fsp3) is 0.294. The van der Waals surface area contributed by atoms with Gasteiger partial charge < -0.3 is 30.9 Å². The molecule has 1 aliphatic rings. The van der Waals surface area contributed by atoms with E-state index in [0.29, 0.717) is 10.6 Å². The number of benzene rings is 1. The molecule has 14 heteroatoms. The zero-order chi connectivity index (χ0) is 22.3. The fourth-order valence-electron chi connectivity index (χ4n) is 3.20. The number of imidazole rings is 1. The second-order valence-corrected chi connectivity index (χ2v) is 7.17. The van der Waals surface area contributed by atoms with Gasteiger partial charge in [-0.1, -0.05) is 11.6 Å². The summed E-state index contributed by atoms with van der Waals surface area (Å²) in [6, 6.07) is 4.37. The molecule has 164 valence electrons. The van der Waals surface area contributed by atoms with Crippen molar-refractivity contribution in [3.63, 3.8) is 0 Å². The van der Waals surface area contributed by atoms with Crippen molar-refractivity contribution < 1.29 is 25.2 Å². The summed E-state index contributed by atoms with van der Waals surface area (Å²) >= 11 is 5.91. The summed E-state index contributed by atoms with van der Waals surface area (Å²) in [7, 11) is 0. The lowest BCUT2D eigenvalue weighted by Gasteiger charge is -2.18.